The molecule has 0 radical (unpaired) electrons. The Morgan fingerprint density at radius 2 is 1.95 bits per heavy atom. The van der Waals surface area contributed by atoms with Gasteiger partial charge in [0, 0.05) is 0 Å². The third kappa shape index (κ3) is 4.46. The molecule has 2 aromatic rings. The number of carbonyl (C=O) groups excluding carboxylic acids is 1. The van der Waals surface area contributed by atoms with E-state index in [1.165, 1.54) is 7.11 Å². The lowest BCUT2D eigenvalue weighted by Crippen LogP contribution is -2.02. The van der Waals surface area contributed by atoms with Gasteiger partial charge in [0.05, 0.1) is 17.1 Å². The summed E-state index contributed by atoms with van der Waals surface area (Å²) in [5, 5.41) is 0. The van der Waals surface area contributed by atoms with Gasteiger partial charge in [-0.25, -0.2) is 4.79 Å². The first-order valence-corrected chi connectivity index (χ1v) is 7.22. The lowest BCUT2D eigenvalue weighted by Gasteiger charge is -2.07. The Bertz CT molecular complexity index is 636. The van der Waals surface area contributed by atoms with Crippen LogP contribution in [0.5, 0.6) is 5.75 Å². The topological polar surface area (TPSA) is 35.5 Å². The van der Waals surface area contributed by atoms with Crippen molar-refractivity contribution in [2.75, 3.05) is 13.7 Å². The summed E-state index contributed by atoms with van der Waals surface area (Å²) in [6.45, 7) is 0.449. The number of hydrogen-bond donors (Lipinski definition) is 0. The molecule has 108 valence electrons. The molecule has 0 unspecified atom stereocenters. The third-order valence-corrected chi connectivity index (χ3v) is 3.42. The molecule has 0 saturated carbocycles. The molecule has 3 nitrogen and oxygen atoms in total. The number of halogens is 1. The van der Waals surface area contributed by atoms with Crippen LogP contribution in [0.2, 0.25) is 0 Å². The number of ether oxygens (including phenoxy) is 2. The molecule has 0 heterocycles. The summed E-state index contributed by atoms with van der Waals surface area (Å²) in [6.07, 6.45) is 3.94. The first-order chi connectivity index (χ1) is 10.2. The van der Waals surface area contributed by atoms with Gasteiger partial charge in [0.25, 0.3) is 0 Å². The number of benzene rings is 2. The molecule has 0 aliphatic rings. The van der Waals surface area contributed by atoms with Crippen LogP contribution >= 0.6 is 15.9 Å². The van der Waals surface area contributed by atoms with Gasteiger partial charge in [-0.15, -0.1) is 0 Å². The number of methoxy groups -OCH3 is 1. The smallest absolute Gasteiger partial charge is 0.337 e. The number of carbonyl (C=O) groups is 1. The van der Waals surface area contributed by atoms with E-state index in [9.17, 15) is 4.79 Å². The van der Waals surface area contributed by atoms with E-state index >= 15 is 0 Å². The second-order valence-corrected chi connectivity index (χ2v) is 5.12. The molecule has 21 heavy (non-hydrogen) atoms. The maximum atomic E-state index is 11.4. The molecule has 2 rings (SSSR count). The average molecular weight is 347 g/mol. The molecule has 2 aromatic carbocycles. The van der Waals surface area contributed by atoms with Gasteiger partial charge in [0.1, 0.15) is 12.4 Å². The molecule has 4 heteroatoms. The standard InChI is InChI=1S/C17H15BrO3/c1-20-17(19)14-9-10-16(15(18)12-14)21-11-5-8-13-6-3-2-4-7-13/h2-10,12H,11H2,1H3. The second kappa shape index (κ2) is 7.64. The molecule has 0 saturated heterocycles. The highest BCUT2D eigenvalue weighted by molar-refractivity contribution is 9.10. The van der Waals surface area contributed by atoms with Crippen molar-refractivity contribution < 1.29 is 14.3 Å². The number of rotatable bonds is 5. The van der Waals surface area contributed by atoms with Crippen molar-refractivity contribution in [2.24, 2.45) is 0 Å². The van der Waals surface area contributed by atoms with E-state index in [1.807, 2.05) is 42.5 Å². The predicted molar refractivity (Wildman–Crippen MR) is 86.5 cm³/mol. The molecule has 0 bridgehead atoms. The molecular formula is C17H15BrO3. The average Bonchev–Trinajstić information content (AvgIpc) is 2.53. The van der Waals surface area contributed by atoms with Gasteiger partial charge >= 0.3 is 5.97 Å². The van der Waals surface area contributed by atoms with Gasteiger partial charge in [-0.05, 0) is 45.8 Å². The Morgan fingerprint density at radius 1 is 1.19 bits per heavy atom. The first-order valence-electron chi connectivity index (χ1n) is 6.43. The van der Waals surface area contributed by atoms with E-state index in [-0.39, 0.29) is 5.97 Å². The largest absolute Gasteiger partial charge is 0.488 e. The van der Waals surface area contributed by atoms with Crippen LogP contribution < -0.4 is 4.74 Å². The van der Waals surface area contributed by atoms with Crippen LogP contribution in [-0.4, -0.2) is 19.7 Å². The van der Waals surface area contributed by atoms with Crippen LogP contribution in [0.15, 0.2) is 59.1 Å². The van der Waals surface area contributed by atoms with Crippen LogP contribution in [-0.2, 0) is 4.74 Å². The normalized spacial score (nSPS) is 10.6. The van der Waals surface area contributed by atoms with E-state index in [0.717, 1.165) is 10.0 Å². The Morgan fingerprint density at radius 3 is 2.62 bits per heavy atom. The highest BCUT2D eigenvalue weighted by Gasteiger charge is 2.08. The van der Waals surface area contributed by atoms with Gasteiger partial charge in [0.2, 0.25) is 0 Å². The zero-order valence-corrected chi connectivity index (χ0v) is 13.2. The van der Waals surface area contributed by atoms with Crippen LogP contribution in [0, 0.1) is 0 Å². The van der Waals surface area contributed by atoms with Crippen LogP contribution in [0.3, 0.4) is 0 Å². The quantitative estimate of drug-likeness (QED) is 0.756. The molecule has 0 spiro atoms. The first kappa shape index (κ1) is 15.3. The van der Waals surface area contributed by atoms with Gasteiger partial charge in [-0.2, -0.15) is 0 Å². The summed E-state index contributed by atoms with van der Waals surface area (Å²) in [5.74, 6) is 0.312. The third-order valence-electron chi connectivity index (χ3n) is 2.80. The second-order valence-electron chi connectivity index (χ2n) is 4.26. The van der Waals surface area contributed by atoms with Crippen molar-refractivity contribution in [3.8, 4) is 5.75 Å². The van der Waals surface area contributed by atoms with E-state index < -0.39 is 0 Å². The van der Waals surface area contributed by atoms with Crippen LogP contribution in [0.1, 0.15) is 15.9 Å². The summed E-state index contributed by atoms with van der Waals surface area (Å²) in [6, 6.07) is 15.1. The Labute approximate surface area is 132 Å². The minimum Gasteiger partial charge on any atom is -0.488 e. The highest BCUT2D eigenvalue weighted by atomic mass is 79.9. The zero-order valence-electron chi connectivity index (χ0n) is 11.6. The van der Waals surface area contributed by atoms with E-state index in [1.54, 1.807) is 18.2 Å². The molecule has 0 aliphatic carbocycles. The Hall–Kier alpha value is -2.07. The molecular weight excluding hydrogens is 332 g/mol. The van der Waals surface area contributed by atoms with E-state index in [2.05, 4.69) is 20.7 Å². The Balaban J connectivity index is 1.95. The van der Waals surface area contributed by atoms with E-state index in [0.29, 0.717) is 17.9 Å². The number of hydrogen-bond acceptors (Lipinski definition) is 3. The van der Waals surface area contributed by atoms with Gasteiger partial charge in [-0.1, -0.05) is 36.4 Å². The maximum absolute atomic E-state index is 11.4. The summed E-state index contributed by atoms with van der Waals surface area (Å²) >= 11 is 3.38. The van der Waals surface area contributed by atoms with Crippen LogP contribution in [0.25, 0.3) is 6.08 Å². The van der Waals surface area contributed by atoms with Crippen molar-refractivity contribution >= 4 is 28.0 Å². The van der Waals surface area contributed by atoms with Gasteiger partial charge in [-0.3, -0.25) is 0 Å². The fourth-order valence-electron chi connectivity index (χ4n) is 1.75. The number of esters is 1. The lowest BCUT2D eigenvalue weighted by atomic mass is 10.2. The zero-order chi connectivity index (χ0) is 15.1. The molecule has 0 fully saturated rings. The molecule has 0 aromatic heterocycles. The van der Waals surface area contributed by atoms with Crippen LogP contribution in [0.4, 0.5) is 0 Å². The van der Waals surface area contributed by atoms with Crippen molar-refractivity contribution in [1.29, 1.82) is 0 Å². The highest BCUT2D eigenvalue weighted by Crippen LogP contribution is 2.26. The van der Waals surface area contributed by atoms with Gasteiger partial charge in [0.15, 0.2) is 0 Å². The minimum absolute atomic E-state index is 0.369. The predicted octanol–water partition coefficient (Wildman–Crippen LogP) is 4.33. The van der Waals surface area contributed by atoms with Crippen molar-refractivity contribution in [2.45, 2.75) is 0 Å². The molecule has 0 atom stereocenters. The molecule has 0 aliphatic heterocycles. The molecule has 0 amide bonds. The maximum Gasteiger partial charge on any atom is 0.337 e. The summed E-state index contributed by atoms with van der Waals surface area (Å²) in [4.78, 5) is 11.4. The van der Waals surface area contributed by atoms with Crippen molar-refractivity contribution in [1.82, 2.24) is 0 Å². The fraction of sp³-hybridized carbons (Fsp3) is 0.118. The SMILES string of the molecule is COC(=O)c1ccc(OCC=Cc2ccccc2)c(Br)c1. The summed E-state index contributed by atoms with van der Waals surface area (Å²) in [7, 11) is 1.36. The summed E-state index contributed by atoms with van der Waals surface area (Å²) < 4.78 is 11.0. The lowest BCUT2D eigenvalue weighted by molar-refractivity contribution is 0.0600. The molecule has 0 N–H and O–H groups in total. The monoisotopic (exact) mass is 346 g/mol. The Kier molecular flexibility index (Phi) is 5.58. The van der Waals surface area contributed by atoms with Gasteiger partial charge < -0.3 is 9.47 Å². The summed E-state index contributed by atoms with van der Waals surface area (Å²) in [5.41, 5.74) is 1.61. The van der Waals surface area contributed by atoms with Crippen molar-refractivity contribution in [3.63, 3.8) is 0 Å². The van der Waals surface area contributed by atoms with Crippen molar-refractivity contribution in [3.05, 3.63) is 70.2 Å². The minimum atomic E-state index is -0.369. The van der Waals surface area contributed by atoms with E-state index in [4.69, 9.17) is 4.74 Å². The fourth-order valence-corrected chi connectivity index (χ4v) is 2.24.